The normalized spacial score (nSPS) is 16.7. The van der Waals surface area contributed by atoms with Crippen LogP contribution in [0.5, 0.6) is 5.75 Å². The van der Waals surface area contributed by atoms with E-state index in [0.29, 0.717) is 17.7 Å². The fraction of sp³-hybridized carbons (Fsp3) is 0.625. The lowest BCUT2D eigenvalue weighted by atomic mass is 10.1. The average molecular weight is 262 g/mol. The van der Waals surface area contributed by atoms with E-state index in [1.165, 1.54) is 12.8 Å². The molecular weight excluding hydrogens is 236 g/mol. The SMILES string of the molecule is CNC(C)c1ccc(N(CC(C)C)C2CC2)cc1O. The van der Waals surface area contributed by atoms with Gasteiger partial charge in [-0.15, -0.1) is 0 Å². The van der Waals surface area contributed by atoms with Crippen molar-refractivity contribution in [3.05, 3.63) is 23.8 Å². The maximum Gasteiger partial charge on any atom is 0.122 e. The molecule has 0 spiro atoms. The quantitative estimate of drug-likeness (QED) is 0.825. The molecule has 1 unspecified atom stereocenters. The second-order valence-corrected chi connectivity index (χ2v) is 6.03. The molecule has 0 aliphatic heterocycles. The lowest BCUT2D eigenvalue weighted by molar-refractivity contribution is 0.457. The van der Waals surface area contributed by atoms with Crippen molar-refractivity contribution in [1.82, 2.24) is 5.32 Å². The highest BCUT2D eigenvalue weighted by Crippen LogP contribution is 2.35. The predicted molar refractivity (Wildman–Crippen MR) is 80.8 cm³/mol. The van der Waals surface area contributed by atoms with Crippen LogP contribution in [-0.2, 0) is 0 Å². The van der Waals surface area contributed by atoms with E-state index in [1.54, 1.807) is 0 Å². The first kappa shape index (κ1) is 14.2. The van der Waals surface area contributed by atoms with Gasteiger partial charge in [0.15, 0.2) is 0 Å². The standard InChI is InChI=1S/C16H26N2O/c1-11(2)10-18(13-5-6-13)14-7-8-15(12(3)17-4)16(19)9-14/h7-9,11-13,17,19H,5-6,10H2,1-4H3. The molecule has 0 saturated heterocycles. The number of anilines is 1. The Hall–Kier alpha value is -1.22. The van der Waals surface area contributed by atoms with Gasteiger partial charge in [-0.3, -0.25) is 0 Å². The largest absolute Gasteiger partial charge is 0.508 e. The molecular formula is C16H26N2O. The monoisotopic (exact) mass is 262 g/mol. The van der Waals surface area contributed by atoms with Crippen LogP contribution in [0.25, 0.3) is 0 Å². The molecule has 1 aromatic carbocycles. The van der Waals surface area contributed by atoms with E-state index in [2.05, 4.69) is 37.1 Å². The van der Waals surface area contributed by atoms with E-state index in [1.807, 2.05) is 19.2 Å². The molecule has 3 nitrogen and oxygen atoms in total. The lowest BCUT2D eigenvalue weighted by Gasteiger charge is -2.27. The van der Waals surface area contributed by atoms with Gasteiger partial charge in [-0.2, -0.15) is 0 Å². The third-order valence-corrected chi connectivity index (χ3v) is 3.79. The highest BCUT2D eigenvalue weighted by Gasteiger charge is 2.30. The van der Waals surface area contributed by atoms with Gasteiger partial charge in [-0.1, -0.05) is 19.9 Å². The Morgan fingerprint density at radius 2 is 2.00 bits per heavy atom. The zero-order valence-corrected chi connectivity index (χ0v) is 12.5. The number of nitrogens with zero attached hydrogens (tertiary/aromatic N) is 1. The Morgan fingerprint density at radius 3 is 2.47 bits per heavy atom. The fourth-order valence-corrected chi connectivity index (χ4v) is 2.48. The molecule has 3 heteroatoms. The first-order valence-electron chi connectivity index (χ1n) is 7.29. The van der Waals surface area contributed by atoms with E-state index < -0.39 is 0 Å². The van der Waals surface area contributed by atoms with Crippen molar-refractivity contribution < 1.29 is 5.11 Å². The topological polar surface area (TPSA) is 35.5 Å². The highest BCUT2D eigenvalue weighted by molar-refractivity contribution is 5.55. The van der Waals surface area contributed by atoms with Crippen molar-refractivity contribution >= 4 is 5.69 Å². The van der Waals surface area contributed by atoms with E-state index in [0.717, 1.165) is 17.8 Å². The number of phenols is 1. The number of hydrogen-bond acceptors (Lipinski definition) is 3. The summed E-state index contributed by atoms with van der Waals surface area (Å²) in [5.41, 5.74) is 2.12. The summed E-state index contributed by atoms with van der Waals surface area (Å²) in [6.07, 6.45) is 2.56. The number of phenolic OH excluding ortho intramolecular Hbond substituents is 1. The average Bonchev–Trinajstić information content (AvgIpc) is 3.19. The Kier molecular flexibility index (Phi) is 4.35. The molecule has 2 rings (SSSR count). The Morgan fingerprint density at radius 1 is 1.32 bits per heavy atom. The molecule has 2 N–H and O–H groups in total. The zero-order chi connectivity index (χ0) is 14.0. The summed E-state index contributed by atoms with van der Waals surface area (Å²) >= 11 is 0. The summed E-state index contributed by atoms with van der Waals surface area (Å²) in [4.78, 5) is 2.44. The molecule has 0 heterocycles. The molecule has 0 aromatic heterocycles. The van der Waals surface area contributed by atoms with Gasteiger partial charge in [0.2, 0.25) is 0 Å². The minimum Gasteiger partial charge on any atom is -0.508 e. The molecule has 1 aliphatic carbocycles. The molecule has 0 radical (unpaired) electrons. The molecule has 0 amide bonds. The molecule has 1 saturated carbocycles. The summed E-state index contributed by atoms with van der Waals surface area (Å²) in [6, 6.07) is 6.96. The molecule has 1 atom stereocenters. The first-order valence-corrected chi connectivity index (χ1v) is 7.29. The van der Waals surface area contributed by atoms with Gasteiger partial charge in [-0.25, -0.2) is 0 Å². The third kappa shape index (κ3) is 3.41. The Bertz CT molecular complexity index is 427. The summed E-state index contributed by atoms with van der Waals surface area (Å²) in [7, 11) is 1.91. The zero-order valence-electron chi connectivity index (χ0n) is 12.5. The van der Waals surface area contributed by atoms with Crippen molar-refractivity contribution in [1.29, 1.82) is 0 Å². The van der Waals surface area contributed by atoms with Gasteiger partial charge >= 0.3 is 0 Å². The summed E-state index contributed by atoms with van der Waals surface area (Å²) in [5, 5.41) is 13.4. The van der Waals surface area contributed by atoms with Gasteiger partial charge in [0.05, 0.1) is 0 Å². The Labute approximate surface area is 116 Å². The van der Waals surface area contributed by atoms with Gasteiger partial charge < -0.3 is 15.3 Å². The Balaban J connectivity index is 2.21. The van der Waals surface area contributed by atoms with Crippen LogP contribution in [0, 0.1) is 5.92 Å². The van der Waals surface area contributed by atoms with Crippen LogP contribution in [-0.4, -0.2) is 24.7 Å². The number of rotatable bonds is 6. The second kappa shape index (κ2) is 5.83. The minimum atomic E-state index is 0.175. The van der Waals surface area contributed by atoms with E-state index in [-0.39, 0.29) is 6.04 Å². The van der Waals surface area contributed by atoms with Gasteiger partial charge in [-0.05, 0) is 38.8 Å². The molecule has 1 fully saturated rings. The third-order valence-electron chi connectivity index (χ3n) is 3.79. The maximum absolute atomic E-state index is 10.2. The van der Waals surface area contributed by atoms with Crippen LogP contribution in [0.1, 0.15) is 45.2 Å². The smallest absolute Gasteiger partial charge is 0.122 e. The summed E-state index contributed by atoms with van der Waals surface area (Å²) < 4.78 is 0. The van der Waals surface area contributed by atoms with Gasteiger partial charge in [0.25, 0.3) is 0 Å². The maximum atomic E-state index is 10.2. The van der Waals surface area contributed by atoms with E-state index in [4.69, 9.17) is 0 Å². The van der Waals surface area contributed by atoms with E-state index >= 15 is 0 Å². The minimum absolute atomic E-state index is 0.175. The number of benzene rings is 1. The summed E-state index contributed by atoms with van der Waals surface area (Å²) in [6.45, 7) is 7.60. The van der Waals surface area contributed by atoms with E-state index in [9.17, 15) is 5.11 Å². The van der Waals surface area contributed by atoms with Crippen LogP contribution in [0.4, 0.5) is 5.69 Å². The van der Waals surface area contributed by atoms with Crippen molar-refractivity contribution in [2.75, 3.05) is 18.5 Å². The van der Waals surface area contributed by atoms with Crippen LogP contribution in [0.2, 0.25) is 0 Å². The van der Waals surface area contributed by atoms with Crippen molar-refractivity contribution in [3.8, 4) is 5.75 Å². The van der Waals surface area contributed by atoms with Crippen LogP contribution in [0.15, 0.2) is 18.2 Å². The number of hydrogen-bond donors (Lipinski definition) is 2. The molecule has 0 bridgehead atoms. The molecule has 1 aliphatic rings. The summed E-state index contributed by atoms with van der Waals surface area (Å²) in [5.74, 6) is 1.03. The van der Waals surface area contributed by atoms with Gasteiger partial charge in [0.1, 0.15) is 5.75 Å². The lowest BCUT2D eigenvalue weighted by Crippen LogP contribution is -2.29. The first-order chi connectivity index (χ1) is 9.02. The van der Waals surface area contributed by atoms with Crippen molar-refractivity contribution in [3.63, 3.8) is 0 Å². The van der Waals surface area contributed by atoms with Crippen LogP contribution < -0.4 is 10.2 Å². The van der Waals surface area contributed by atoms with Crippen LogP contribution >= 0.6 is 0 Å². The van der Waals surface area contributed by atoms with Gasteiger partial charge in [0, 0.05) is 35.9 Å². The number of nitrogens with one attached hydrogen (secondary N) is 1. The van der Waals surface area contributed by atoms with Crippen molar-refractivity contribution in [2.45, 2.75) is 45.7 Å². The molecule has 1 aromatic rings. The number of aromatic hydroxyl groups is 1. The van der Waals surface area contributed by atoms with Crippen LogP contribution in [0.3, 0.4) is 0 Å². The predicted octanol–water partition coefficient (Wildman–Crippen LogP) is 3.30. The fourth-order valence-electron chi connectivity index (χ4n) is 2.48. The molecule has 19 heavy (non-hydrogen) atoms. The van der Waals surface area contributed by atoms with Crippen molar-refractivity contribution in [2.24, 2.45) is 5.92 Å². The highest BCUT2D eigenvalue weighted by atomic mass is 16.3. The molecule has 106 valence electrons. The second-order valence-electron chi connectivity index (χ2n) is 6.03.